The number of nitrogens with two attached hydrogens (primary N) is 1. The Kier molecular flexibility index (Phi) is 4.27. The molecule has 0 radical (unpaired) electrons. The summed E-state index contributed by atoms with van der Waals surface area (Å²) in [6.45, 7) is 6.51. The number of hydrogen-bond donors (Lipinski definition) is 2. The maximum Gasteiger partial charge on any atom is 0.407 e. The zero-order chi connectivity index (χ0) is 13.2. The van der Waals surface area contributed by atoms with E-state index in [4.69, 9.17) is 10.5 Å². The third kappa shape index (κ3) is 5.25. The summed E-state index contributed by atoms with van der Waals surface area (Å²) in [5.41, 5.74) is 2.88. The molecule has 1 amide bonds. The first-order chi connectivity index (χ1) is 6.85. The highest BCUT2D eigenvalue weighted by molar-refractivity contribution is 5.67. The second-order valence-electron chi connectivity index (χ2n) is 5.28. The maximum absolute atomic E-state index is 13.3. The van der Waals surface area contributed by atoms with Gasteiger partial charge in [0.2, 0.25) is 0 Å². The van der Waals surface area contributed by atoms with Gasteiger partial charge in [0.1, 0.15) is 5.60 Å². The number of rotatable bonds is 3. The third-order valence-corrected chi connectivity index (χ3v) is 1.80. The number of ether oxygens (including phenoxy) is 1. The molecular weight excluding hydrogens is 218 g/mol. The first kappa shape index (κ1) is 15.1. The van der Waals surface area contributed by atoms with Crippen LogP contribution in [0.4, 0.5) is 13.6 Å². The Balaban J connectivity index is 4.22. The van der Waals surface area contributed by atoms with Crippen molar-refractivity contribution in [2.75, 3.05) is 6.54 Å². The van der Waals surface area contributed by atoms with Gasteiger partial charge in [0.15, 0.2) is 0 Å². The highest BCUT2D eigenvalue weighted by Crippen LogP contribution is 2.25. The summed E-state index contributed by atoms with van der Waals surface area (Å²) < 4.78 is 31.5. The molecule has 96 valence electrons. The molecule has 0 spiro atoms. The fourth-order valence-corrected chi connectivity index (χ4v) is 0.725. The molecule has 3 N–H and O–H groups in total. The van der Waals surface area contributed by atoms with Crippen LogP contribution < -0.4 is 11.1 Å². The Morgan fingerprint density at radius 3 is 2.00 bits per heavy atom. The van der Waals surface area contributed by atoms with Crippen LogP contribution in [0.2, 0.25) is 0 Å². The minimum absolute atomic E-state index is 0.711. The first-order valence-corrected chi connectivity index (χ1v) is 4.99. The minimum atomic E-state index is -3.19. The second-order valence-corrected chi connectivity index (χ2v) is 5.28. The monoisotopic (exact) mass is 238 g/mol. The molecule has 0 aliphatic carbocycles. The van der Waals surface area contributed by atoms with E-state index in [-0.39, 0.29) is 0 Å². The molecule has 0 unspecified atom stereocenters. The highest BCUT2D eigenvalue weighted by atomic mass is 19.3. The number of hydrogen-bond acceptors (Lipinski definition) is 3. The Hall–Kier alpha value is -0.910. The molecule has 0 heterocycles. The summed E-state index contributed by atoms with van der Waals surface area (Å²) >= 11 is 0. The molecule has 4 nitrogen and oxygen atoms in total. The molecule has 0 rings (SSSR count). The highest BCUT2D eigenvalue weighted by Gasteiger charge is 2.44. The summed E-state index contributed by atoms with van der Waals surface area (Å²) in [6, 6.07) is 0. The van der Waals surface area contributed by atoms with E-state index in [1.54, 1.807) is 20.8 Å². The summed E-state index contributed by atoms with van der Waals surface area (Å²) in [5.74, 6) is -3.19. The molecule has 0 aliphatic rings. The lowest BCUT2D eigenvalue weighted by molar-refractivity contribution is -0.0591. The summed E-state index contributed by atoms with van der Waals surface area (Å²) in [4.78, 5) is 11.1. The van der Waals surface area contributed by atoms with E-state index in [0.717, 1.165) is 0 Å². The molecule has 6 heteroatoms. The fraction of sp³-hybridized carbons (Fsp3) is 0.900. The van der Waals surface area contributed by atoms with Crippen molar-refractivity contribution in [3.05, 3.63) is 0 Å². The van der Waals surface area contributed by atoms with Gasteiger partial charge in [-0.25, -0.2) is 13.6 Å². The lowest BCUT2D eigenvalue weighted by Gasteiger charge is -2.30. The van der Waals surface area contributed by atoms with Crippen molar-refractivity contribution in [2.24, 2.45) is 5.73 Å². The Morgan fingerprint density at radius 1 is 1.25 bits per heavy atom. The van der Waals surface area contributed by atoms with Gasteiger partial charge in [-0.3, -0.25) is 0 Å². The smallest absolute Gasteiger partial charge is 0.407 e. The Bertz CT molecular complexity index is 255. The van der Waals surface area contributed by atoms with Crippen molar-refractivity contribution < 1.29 is 18.3 Å². The van der Waals surface area contributed by atoms with Gasteiger partial charge in [-0.2, -0.15) is 0 Å². The Labute approximate surface area is 94.5 Å². The number of carbonyl (C=O) groups is 1. The largest absolute Gasteiger partial charge is 0.444 e. The van der Waals surface area contributed by atoms with Crippen LogP contribution >= 0.6 is 0 Å². The second kappa shape index (κ2) is 4.53. The molecule has 0 aromatic carbocycles. The number of alkyl carbamates (subject to hydrolysis) is 1. The van der Waals surface area contributed by atoms with Crippen LogP contribution in [0.3, 0.4) is 0 Å². The summed E-state index contributed by atoms with van der Waals surface area (Å²) in [6.07, 6.45) is -0.878. The zero-order valence-corrected chi connectivity index (χ0v) is 10.4. The van der Waals surface area contributed by atoms with Crippen molar-refractivity contribution in [2.45, 2.75) is 51.7 Å². The van der Waals surface area contributed by atoms with Crippen LogP contribution in [0.15, 0.2) is 0 Å². The predicted molar refractivity (Wildman–Crippen MR) is 57.5 cm³/mol. The molecule has 0 saturated carbocycles. The van der Waals surface area contributed by atoms with E-state index in [1.807, 2.05) is 5.32 Å². The maximum atomic E-state index is 13.3. The lowest BCUT2D eigenvalue weighted by Crippen LogP contribution is -2.56. The number of carbonyl (C=O) groups excluding carboxylic acids is 1. The van der Waals surface area contributed by atoms with Crippen molar-refractivity contribution >= 4 is 6.09 Å². The standard InChI is InChI=1S/C10H20F2N2O2/c1-8(2,3)16-7(15)14-6-10(11,12)9(4,5)13/h6,13H2,1-5H3,(H,14,15). The predicted octanol–water partition coefficient (Wildman–Crippen LogP) is 1.88. The number of halogens is 2. The van der Waals surface area contributed by atoms with Gasteiger partial charge in [0.25, 0.3) is 5.92 Å². The molecule has 0 saturated heterocycles. The Morgan fingerprint density at radius 2 is 1.69 bits per heavy atom. The van der Waals surface area contributed by atoms with Crippen LogP contribution in [-0.2, 0) is 4.74 Å². The van der Waals surface area contributed by atoms with Gasteiger partial charge in [0.05, 0.1) is 12.1 Å². The SMILES string of the molecule is CC(C)(C)OC(=O)NCC(F)(F)C(C)(C)N. The van der Waals surface area contributed by atoms with E-state index in [1.165, 1.54) is 13.8 Å². The van der Waals surface area contributed by atoms with Crippen LogP contribution in [0.5, 0.6) is 0 Å². The topological polar surface area (TPSA) is 64.3 Å². The van der Waals surface area contributed by atoms with Crippen LogP contribution in [0.1, 0.15) is 34.6 Å². The van der Waals surface area contributed by atoms with Gasteiger partial charge in [-0.15, -0.1) is 0 Å². The zero-order valence-electron chi connectivity index (χ0n) is 10.4. The van der Waals surface area contributed by atoms with Gasteiger partial charge in [-0.05, 0) is 34.6 Å². The summed E-state index contributed by atoms with van der Waals surface area (Å²) in [7, 11) is 0. The molecule has 0 aliphatic heterocycles. The van der Waals surface area contributed by atoms with Gasteiger partial charge in [-0.1, -0.05) is 0 Å². The quantitative estimate of drug-likeness (QED) is 0.789. The lowest BCUT2D eigenvalue weighted by atomic mass is 9.98. The molecule has 16 heavy (non-hydrogen) atoms. The van der Waals surface area contributed by atoms with E-state index in [9.17, 15) is 13.6 Å². The molecule has 0 aromatic heterocycles. The van der Waals surface area contributed by atoms with E-state index in [2.05, 4.69) is 0 Å². The number of amides is 1. The molecule has 0 fully saturated rings. The fourth-order valence-electron chi connectivity index (χ4n) is 0.725. The molecular formula is C10H20F2N2O2. The van der Waals surface area contributed by atoms with Gasteiger partial charge in [0, 0.05) is 0 Å². The van der Waals surface area contributed by atoms with E-state index < -0.39 is 29.7 Å². The number of nitrogens with one attached hydrogen (secondary N) is 1. The molecule has 0 bridgehead atoms. The van der Waals surface area contributed by atoms with E-state index in [0.29, 0.717) is 0 Å². The average molecular weight is 238 g/mol. The third-order valence-electron chi connectivity index (χ3n) is 1.80. The molecule has 0 atom stereocenters. The van der Waals surface area contributed by atoms with Crippen LogP contribution in [0.25, 0.3) is 0 Å². The number of alkyl halides is 2. The van der Waals surface area contributed by atoms with E-state index >= 15 is 0 Å². The van der Waals surface area contributed by atoms with Crippen molar-refractivity contribution in [1.29, 1.82) is 0 Å². The van der Waals surface area contributed by atoms with Crippen molar-refractivity contribution in [1.82, 2.24) is 5.32 Å². The van der Waals surface area contributed by atoms with Gasteiger partial charge >= 0.3 is 6.09 Å². The first-order valence-electron chi connectivity index (χ1n) is 4.99. The van der Waals surface area contributed by atoms with Gasteiger partial charge < -0.3 is 15.8 Å². The average Bonchev–Trinajstić information content (AvgIpc) is 1.95. The normalized spacial score (nSPS) is 13.5. The summed E-state index contributed by atoms with van der Waals surface area (Å²) in [5, 5.41) is 1.99. The van der Waals surface area contributed by atoms with Crippen LogP contribution in [-0.4, -0.2) is 29.7 Å². The minimum Gasteiger partial charge on any atom is -0.444 e. The molecule has 0 aromatic rings. The van der Waals surface area contributed by atoms with Crippen molar-refractivity contribution in [3.8, 4) is 0 Å². The van der Waals surface area contributed by atoms with Crippen LogP contribution in [0, 0.1) is 0 Å². The van der Waals surface area contributed by atoms with Crippen molar-refractivity contribution in [3.63, 3.8) is 0 Å².